The van der Waals surface area contributed by atoms with Crippen molar-refractivity contribution in [2.45, 2.75) is 32.1 Å². The number of hydrogen-bond donors (Lipinski definition) is 0. The Balaban J connectivity index is 1.99. The maximum absolute atomic E-state index is 12.8. The molecule has 2 aromatic rings. The van der Waals surface area contributed by atoms with E-state index in [1.54, 1.807) is 12.3 Å². The Morgan fingerprint density at radius 3 is 3.00 bits per heavy atom. The quantitative estimate of drug-likeness (QED) is 0.768. The van der Waals surface area contributed by atoms with Gasteiger partial charge in [-0.3, -0.25) is 9.78 Å². The van der Waals surface area contributed by atoms with Gasteiger partial charge in [-0.2, -0.15) is 0 Å². The summed E-state index contributed by atoms with van der Waals surface area (Å²) in [6.45, 7) is 1.95. The third-order valence-electron chi connectivity index (χ3n) is 3.84. The van der Waals surface area contributed by atoms with Gasteiger partial charge in [0.2, 0.25) is 0 Å². The number of Topliss-reactive ketones (excluding diaryl/α,β-unsaturated/α-hetero) is 1. The first-order valence-electron chi connectivity index (χ1n) is 6.90. The number of nitrogens with zero attached hydrogens (tertiary/aromatic N) is 1. The summed E-state index contributed by atoms with van der Waals surface area (Å²) in [4.78, 5) is 17.2. The highest BCUT2D eigenvalue weighted by molar-refractivity contribution is 6.31. The number of carbonyl (C=O) groups excluding carboxylic acids is 1. The zero-order chi connectivity index (χ0) is 14.1. The molecule has 1 aliphatic carbocycles. The molecule has 3 rings (SSSR count). The van der Waals surface area contributed by atoms with Crippen LogP contribution in [0.1, 0.15) is 45.9 Å². The molecule has 0 amide bonds. The first kappa shape index (κ1) is 13.3. The minimum Gasteiger partial charge on any atom is -0.293 e. The van der Waals surface area contributed by atoms with Gasteiger partial charge in [-0.15, -0.1) is 0 Å². The van der Waals surface area contributed by atoms with E-state index >= 15 is 0 Å². The maximum atomic E-state index is 12.8. The average molecular weight is 286 g/mol. The summed E-state index contributed by atoms with van der Waals surface area (Å²) in [5.74, 6) is 0.00747. The van der Waals surface area contributed by atoms with E-state index in [4.69, 9.17) is 11.6 Å². The van der Waals surface area contributed by atoms with E-state index in [9.17, 15) is 4.79 Å². The van der Waals surface area contributed by atoms with Gasteiger partial charge in [-0.1, -0.05) is 17.7 Å². The van der Waals surface area contributed by atoms with Crippen molar-refractivity contribution in [2.75, 3.05) is 0 Å². The zero-order valence-corrected chi connectivity index (χ0v) is 12.2. The number of fused-ring (bicyclic) bond motifs is 1. The minimum atomic E-state index is -0.127. The molecular weight excluding hydrogens is 270 g/mol. The number of carbonyl (C=O) groups is 1. The fourth-order valence-electron chi connectivity index (χ4n) is 2.94. The Bertz CT molecular complexity index is 646. The van der Waals surface area contributed by atoms with Crippen molar-refractivity contribution in [3.05, 3.63) is 63.9 Å². The highest BCUT2D eigenvalue weighted by Crippen LogP contribution is 2.33. The van der Waals surface area contributed by atoms with Gasteiger partial charge in [0.05, 0.1) is 11.6 Å². The minimum absolute atomic E-state index is 0.127. The van der Waals surface area contributed by atoms with Crippen molar-refractivity contribution < 1.29 is 4.79 Å². The van der Waals surface area contributed by atoms with E-state index in [0.29, 0.717) is 10.6 Å². The zero-order valence-electron chi connectivity index (χ0n) is 11.4. The molecule has 1 atom stereocenters. The summed E-state index contributed by atoms with van der Waals surface area (Å²) in [5.41, 5.74) is 3.86. The molecule has 3 heteroatoms. The summed E-state index contributed by atoms with van der Waals surface area (Å²) < 4.78 is 0. The standard InChI is InChI=1S/C17H16ClNO/c1-11-8-13(10-14(18)9-11)17(20)15-6-2-4-12-5-3-7-19-16(12)15/h3,5,7-10,15H,2,4,6H2,1H3. The monoisotopic (exact) mass is 285 g/mol. The molecule has 0 bridgehead atoms. The second kappa shape index (κ2) is 5.37. The number of hydrogen-bond acceptors (Lipinski definition) is 2. The van der Waals surface area contributed by atoms with Crippen molar-refractivity contribution in [2.24, 2.45) is 0 Å². The van der Waals surface area contributed by atoms with Gasteiger partial charge in [0.1, 0.15) is 0 Å². The molecule has 0 saturated heterocycles. The fraction of sp³-hybridized carbons (Fsp3) is 0.294. The average Bonchev–Trinajstić information content (AvgIpc) is 2.45. The van der Waals surface area contributed by atoms with Gasteiger partial charge in [0, 0.05) is 16.8 Å². The molecule has 20 heavy (non-hydrogen) atoms. The summed E-state index contributed by atoms with van der Waals surface area (Å²) in [6, 6.07) is 9.55. The molecule has 0 radical (unpaired) electrons. The van der Waals surface area contributed by atoms with Gasteiger partial charge in [0.25, 0.3) is 0 Å². The van der Waals surface area contributed by atoms with Crippen LogP contribution in [0.4, 0.5) is 0 Å². The fourth-order valence-corrected chi connectivity index (χ4v) is 3.23. The molecule has 1 aliphatic rings. The summed E-state index contributed by atoms with van der Waals surface area (Å²) in [6.07, 6.45) is 4.69. The number of halogens is 1. The smallest absolute Gasteiger partial charge is 0.171 e. The number of ketones is 1. The Hall–Kier alpha value is -1.67. The summed E-state index contributed by atoms with van der Waals surface area (Å²) in [5, 5.41) is 0.616. The molecule has 0 N–H and O–H groups in total. The van der Waals surface area contributed by atoms with Crippen LogP contribution in [0.5, 0.6) is 0 Å². The lowest BCUT2D eigenvalue weighted by atomic mass is 9.82. The van der Waals surface area contributed by atoms with Crippen molar-refractivity contribution in [1.29, 1.82) is 0 Å². The number of benzene rings is 1. The second-order valence-electron chi connectivity index (χ2n) is 5.37. The SMILES string of the molecule is Cc1cc(Cl)cc(C(=O)C2CCCc3cccnc32)c1. The third kappa shape index (κ3) is 2.48. The Morgan fingerprint density at radius 2 is 2.20 bits per heavy atom. The summed E-state index contributed by atoms with van der Waals surface area (Å²) >= 11 is 6.07. The third-order valence-corrected chi connectivity index (χ3v) is 4.06. The second-order valence-corrected chi connectivity index (χ2v) is 5.81. The lowest BCUT2D eigenvalue weighted by Crippen LogP contribution is -2.20. The molecule has 0 spiro atoms. The Kier molecular flexibility index (Phi) is 3.58. The van der Waals surface area contributed by atoms with Crippen molar-refractivity contribution in [1.82, 2.24) is 4.98 Å². The van der Waals surface area contributed by atoms with Crippen LogP contribution in [-0.2, 0) is 6.42 Å². The summed E-state index contributed by atoms with van der Waals surface area (Å²) in [7, 11) is 0. The van der Waals surface area contributed by atoms with Crippen molar-refractivity contribution >= 4 is 17.4 Å². The van der Waals surface area contributed by atoms with Crippen LogP contribution in [0.2, 0.25) is 5.02 Å². The lowest BCUT2D eigenvalue weighted by molar-refractivity contribution is 0.0949. The highest BCUT2D eigenvalue weighted by Gasteiger charge is 2.28. The molecule has 0 aliphatic heterocycles. The van der Waals surface area contributed by atoms with E-state index in [1.165, 1.54) is 5.56 Å². The van der Waals surface area contributed by atoms with Crippen molar-refractivity contribution in [3.63, 3.8) is 0 Å². The van der Waals surface area contributed by atoms with Gasteiger partial charge in [-0.05, 0) is 61.6 Å². The van der Waals surface area contributed by atoms with E-state index in [-0.39, 0.29) is 11.7 Å². The van der Waals surface area contributed by atoms with E-state index < -0.39 is 0 Å². The van der Waals surface area contributed by atoms with Crippen LogP contribution in [0.25, 0.3) is 0 Å². The first-order valence-corrected chi connectivity index (χ1v) is 7.28. The number of pyridine rings is 1. The van der Waals surface area contributed by atoms with Gasteiger partial charge >= 0.3 is 0 Å². The van der Waals surface area contributed by atoms with Gasteiger partial charge < -0.3 is 0 Å². The van der Waals surface area contributed by atoms with E-state index in [1.807, 2.05) is 25.1 Å². The molecular formula is C17H16ClNO. The molecule has 0 saturated carbocycles. The van der Waals surface area contributed by atoms with Crippen LogP contribution in [-0.4, -0.2) is 10.8 Å². The molecule has 1 unspecified atom stereocenters. The Morgan fingerprint density at radius 1 is 1.35 bits per heavy atom. The van der Waals surface area contributed by atoms with Crippen LogP contribution in [0.15, 0.2) is 36.5 Å². The molecule has 2 nitrogen and oxygen atoms in total. The normalized spacial score (nSPS) is 17.6. The number of rotatable bonds is 2. The Labute approximate surface area is 123 Å². The van der Waals surface area contributed by atoms with E-state index in [2.05, 4.69) is 11.1 Å². The first-order chi connectivity index (χ1) is 9.65. The number of aromatic nitrogens is 1. The van der Waals surface area contributed by atoms with Crippen LogP contribution >= 0.6 is 11.6 Å². The molecule has 102 valence electrons. The molecule has 0 fully saturated rings. The number of aryl methyl sites for hydroxylation is 2. The predicted molar refractivity (Wildman–Crippen MR) is 80.4 cm³/mol. The van der Waals surface area contributed by atoms with Crippen LogP contribution < -0.4 is 0 Å². The predicted octanol–water partition coefficient (Wildman–Crippen LogP) is 4.35. The van der Waals surface area contributed by atoms with Crippen molar-refractivity contribution in [3.8, 4) is 0 Å². The highest BCUT2D eigenvalue weighted by atomic mass is 35.5. The topological polar surface area (TPSA) is 30.0 Å². The maximum Gasteiger partial charge on any atom is 0.171 e. The molecule has 1 heterocycles. The molecule has 1 aromatic heterocycles. The van der Waals surface area contributed by atoms with Crippen LogP contribution in [0, 0.1) is 6.92 Å². The van der Waals surface area contributed by atoms with Gasteiger partial charge in [-0.25, -0.2) is 0 Å². The van der Waals surface area contributed by atoms with Crippen LogP contribution in [0.3, 0.4) is 0 Å². The van der Waals surface area contributed by atoms with Gasteiger partial charge in [0.15, 0.2) is 5.78 Å². The molecule has 1 aromatic carbocycles. The lowest BCUT2D eigenvalue weighted by Gasteiger charge is -2.23. The van der Waals surface area contributed by atoms with E-state index in [0.717, 1.165) is 30.5 Å². The largest absolute Gasteiger partial charge is 0.293 e.